The molecule has 0 radical (unpaired) electrons. The van der Waals surface area contributed by atoms with Crippen LogP contribution in [0.4, 0.5) is 4.79 Å². The zero-order valence-electron chi connectivity index (χ0n) is 4.80. The van der Waals surface area contributed by atoms with Crippen molar-refractivity contribution in [3.63, 3.8) is 0 Å². The SMILES string of the molecule is CNC(=O)N(C)N=N. The molecule has 0 saturated carbocycles. The van der Waals surface area contributed by atoms with Gasteiger partial charge < -0.3 is 5.32 Å². The number of amides is 2. The van der Waals surface area contributed by atoms with E-state index in [0.29, 0.717) is 0 Å². The third-order valence-corrected chi connectivity index (χ3v) is 0.658. The van der Waals surface area contributed by atoms with Crippen LogP contribution in [0.2, 0.25) is 0 Å². The van der Waals surface area contributed by atoms with E-state index < -0.39 is 0 Å². The van der Waals surface area contributed by atoms with Crippen LogP contribution < -0.4 is 5.32 Å². The minimum atomic E-state index is -0.389. The van der Waals surface area contributed by atoms with Gasteiger partial charge >= 0.3 is 6.03 Å². The van der Waals surface area contributed by atoms with Gasteiger partial charge in [-0.15, -0.1) is 0 Å². The molecule has 0 aromatic rings. The average molecular weight is 116 g/mol. The van der Waals surface area contributed by atoms with Crippen LogP contribution in [0.15, 0.2) is 5.22 Å². The molecular formula is C3H8N4O. The summed E-state index contributed by atoms with van der Waals surface area (Å²) in [7, 11) is 2.87. The summed E-state index contributed by atoms with van der Waals surface area (Å²) < 4.78 is 0. The Hall–Kier alpha value is -1.13. The average Bonchev–Trinajstić information content (AvgIpc) is 1.84. The Bertz CT molecular complexity index is 101. The lowest BCUT2D eigenvalue weighted by Crippen LogP contribution is -2.30. The molecule has 0 aliphatic carbocycles. The number of urea groups is 1. The minimum absolute atomic E-state index is 0.389. The third-order valence-electron chi connectivity index (χ3n) is 0.658. The topological polar surface area (TPSA) is 68.6 Å². The molecule has 2 N–H and O–H groups in total. The summed E-state index contributed by atoms with van der Waals surface area (Å²) in [6.45, 7) is 0. The van der Waals surface area contributed by atoms with Crippen molar-refractivity contribution in [1.82, 2.24) is 10.3 Å². The first kappa shape index (κ1) is 6.87. The summed E-state index contributed by atoms with van der Waals surface area (Å²) in [5.41, 5.74) is 6.33. The number of nitrogens with one attached hydrogen (secondary N) is 2. The summed E-state index contributed by atoms with van der Waals surface area (Å²) in [4.78, 5) is 10.3. The maximum Gasteiger partial charge on any atom is 0.338 e. The Kier molecular flexibility index (Phi) is 2.53. The molecular weight excluding hydrogens is 108 g/mol. The zero-order valence-corrected chi connectivity index (χ0v) is 4.80. The second kappa shape index (κ2) is 2.95. The molecule has 2 amide bonds. The van der Waals surface area contributed by atoms with Crippen LogP contribution in [-0.2, 0) is 0 Å². The lowest BCUT2D eigenvalue weighted by Gasteiger charge is -2.04. The molecule has 5 heteroatoms. The number of carbonyl (C=O) groups excluding carboxylic acids is 1. The molecule has 0 spiro atoms. The van der Waals surface area contributed by atoms with Gasteiger partial charge in [-0.3, -0.25) is 0 Å². The van der Waals surface area contributed by atoms with E-state index >= 15 is 0 Å². The maximum absolute atomic E-state index is 10.3. The van der Waals surface area contributed by atoms with Crippen LogP contribution in [0.5, 0.6) is 0 Å². The number of nitrogens with zero attached hydrogens (tertiary/aromatic N) is 2. The Balaban J connectivity index is 3.62. The van der Waals surface area contributed by atoms with E-state index in [9.17, 15) is 4.79 Å². The Morgan fingerprint density at radius 1 is 1.88 bits per heavy atom. The van der Waals surface area contributed by atoms with Crippen LogP contribution >= 0.6 is 0 Å². The van der Waals surface area contributed by atoms with Crippen molar-refractivity contribution in [2.45, 2.75) is 0 Å². The van der Waals surface area contributed by atoms with Crippen molar-refractivity contribution < 1.29 is 4.79 Å². The molecule has 0 fully saturated rings. The molecule has 0 heterocycles. The normalized spacial score (nSPS) is 7.75. The monoisotopic (exact) mass is 116 g/mol. The van der Waals surface area contributed by atoms with Crippen LogP contribution in [-0.4, -0.2) is 25.1 Å². The maximum atomic E-state index is 10.3. The molecule has 0 aliphatic heterocycles. The summed E-state index contributed by atoms with van der Waals surface area (Å²) in [5.74, 6) is 0. The summed E-state index contributed by atoms with van der Waals surface area (Å²) in [6.07, 6.45) is 0. The highest BCUT2D eigenvalue weighted by Crippen LogP contribution is 1.79. The smallest absolute Gasteiger partial charge is 0.338 e. The predicted molar refractivity (Wildman–Crippen MR) is 27.4 cm³/mol. The summed E-state index contributed by atoms with van der Waals surface area (Å²) >= 11 is 0. The van der Waals surface area contributed by atoms with E-state index in [2.05, 4.69) is 10.5 Å². The van der Waals surface area contributed by atoms with Gasteiger partial charge in [0.2, 0.25) is 0 Å². The van der Waals surface area contributed by atoms with Gasteiger partial charge in [-0.2, -0.15) is 5.53 Å². The Labute approximate surface area is 47.1 Å². The molecule has 0 saturated heterocycles. The molecule has 46 valence electrons. The van der Waals surface area contributed by atoms with Crippen molar-refractivity contribution in [3.8, 4) is 0 Å². The highest BCUT2D eigenvalue weighted by atomic mass is 16.2. The quantitative estimate of drug-likeness (QED) is 0.373. The van der Waals surface area contributed by atoms with Crippen molar-refractivity contribution in [3.05, 3.63) is 0 Å². The van der Waals surface area contributed by atoms with Gasteiger partial charge in [0.25, 0.3) is 0 Å². The minimum Gasteiger partial charge on any atom is -0.340 e. The molecule has 0 aromatic carbocycles. The van der Waals surface area contributed by atoms with Crippen LogP contribution in [0, 0.1) is 5.53 Å². The highest BCUT2D eigenvalue weighted by Gasteiger charge is 1.99. The van der Waals surface area contributed by atoms with Crippen LogP contribution in [0.3, 0.4) is 0 Å². The van der Waals surface area contributed by atoms with E-state index in [1.54, 1.807) is 0 Å². The Morgan fingerprint density at radius 2 is 2.38 bits per heavy atom. The molecule has 0 bridgehead atoms. The molecule has 0 aliphatic rings. The summed E-state index contributed by atoms with van der Waals surface area (Å²) in [6, 6.07) is -0.389. The van der Waals surface area contributed by atoms with Gasteiger partial charge in [-0.05, 0) is 0 Å². The van der Waals surface area contributed by atoms with E-state index in [4.69, 9.17) is 5.53 Å². The molecule has 0 unspecified atom stereocenters. The third kappa shape index (κ3) is 1.55. The largest absolute Gasteiger partial charge is 0.340 e. The number of carbonyl (C=O) groups is 1. The molecule has 0 rings (SSSR count). The van der Waals surface area contributed by atoms with Crippen molar-refractivity contribution in [2.24, 2.45) is 5.22 Å². The lowest BCUT2D eigenvalue weighted by molar-refractivity contribution is 0.208. The first-order chi connectivity index (χ1) is 3.72. The van der Waals surface area contributed by atoms with E-state index in [1.807, 2.05) is 0 Å². The molecule has 8 heavy (non-hydrogen) atoms. The van der Waals surface area contributed by atoms with E-state index in [-0.39, 0.29) is 6.03 Å². The van der Waals surface area contributed by atoms with Gasteiger partial charge in [-0.25, -0.2) is 9.80 Å². The van der Waals surface area contributed by atoms with Crippen molar-refractivity contribution in [2.75, 3.05) is 14.1 Å². The Morgan fingerprint density at radius 3 is 2.50 bits per heavy atom. The van der Waals surface area contributed by atoms with E-state index in [1.165, 1.54) is 14.1 Å². The standard InChI is InChI=1S/C3H8N4O/c1-5-3(8)7(2)6-4/h4H,1-2H3,(H,5,8). The second-order valence-electron chi connectivity index (χ2n) is 1.18. The molecule has 0 aromatic heterocycles. The zero-order chi connectivity index (χ0) is 6.57. The van der Waals surface area contributed by atoms with E-state index in [0.717, 1.165) is 5.01 Å². The lowest BCUT2D eigenvalue weighted by atomic mass is 10.9. The van der Waals surface area contributed by atoms with Gasteiger partial charge in [0.1, 0.15) is 0 Å². The van der Waals surface area contributed by atoms with Gasteiger partial charge in [0.05, 0.1) is 0 Å². The molecule has 5 nitrogen and oxygen atoms in total. The van der Waals surface area contributed by atoms with Crippen molar-refractivity contribution >= 4 is 6.03 Å². The fraction of sp³-hybridized carbons (Fsp3) is 0.667. The van der Waals surface area contributed by atoms with Gasteiger partial charge in [0, 0.05) is 14.1 Å². The number of hydrogen-bond acceptors (Lipinski definition) is 3. The summed E-state index contributed by atoms with van der Waals surface area (Å²) in [5, 5.41) is 6.01. The van der Waals surface area contributed by atoms with Crippen LogP contribution in [0.1, 0.15) is 0 Å². The fourth-order valence-electron chi connectivity index (χ4n) is 0.207. The predicted octanol–water partition coefficient (Wildman–Crippen LogP) is 0.204. The first-order valence-electron chi connectivity index (χ1n) is 2.05. The first-order valence-corrected chi connectivity index (χ1v) is 2.05. The highest BCUT2D eigenvalue weighted by molar-refractivity contribution is 5.72. The molecule has 0 atom stereocenters. The fourth-order valence-corrected chi connectivity index (χ4v) is 0.207. The number of hydrogen-bond donors (Lipinski definition) is 2. The van der Waals surface area contributed by atoms with Gasteiger partial charge in [0.15, 0.2) is 0 Å². The van der Waals surface area contributed by atoms with Crippen LogP contribution in [0.25, 0.3) is 0 Å². The number of rotatable bonds is 1. The van der Waals surface area contributed by atoms with Gasteiger partial charge in [-0.1, -0.05) is 5.22 Å². The second-order valence-corrected chi connectivity index (χ2v) is 1.18. The van der Waals surface area contributed by atoms with Crippen molar-refractivity contribution in [1.29, 1.82) is 5.53 Å².